The van der Waals surface area contributed by atoms with E-state index in [-0.39, 0.29) is 10.6 Å². The van der Waals surface area contributed by atoms with Crippen LogP contribution in [0, 0.1) is 0 Å². The molecule has 1 aromatic rings. The van der Waals surface area contributed by atoms with Crippen molar-refractivity contribution in [2.75, 3.05) is 6.61 Å². The van der Waals surface area contributed by atoms with E-state index in [1.165, 1.54) is 76.0 Å². The van der Waals surface area contributed by atoms with Crippen LogP contribution in [0.1, 0.15) is 101 Å². The second kappa shape index (κ2) is 17.6. The molecule has 3 atom stereocenters. The SMILES string of the molecule is CCCCCCCCCCCCCCC(O)C(O)C(CO)NC(=O)c1ccc(Cl)cc1Cl. The van der Waals surface area contributed by atoms with Gasteiger partial charge in [0.15, 0.2) is 0 Å². The second-order valence-electron chi connectivity index (χ2n) is 8.62. The lowest BCUT2D eigenvalue weighted by molar-refractivity contribution is -0.0197. The Morgan fingerprint density at radius 3 is 1.94 bits per heavy atom. The normalized spacial score (nSPS) is 14.2. The number of rotatable bonds is 18. The van der Waals surface area contributed by atoms with Crippen molar-refractivity contribution in [1.82, 2.24) is 5.32 Å². The van der Waals surface area contributed by atoms with Crippen molar-refractivity contribution in [3.05, 3.63) is 33.8 Å². The van der Waals surface area contributed by atoms with Crippen LogP contribution in [0.5, 0.6) is 0 Å². The number of benzene rings is 1. The second-order valence-corrected chi connectivity index (χ2v) is 9.47. The van der Waals surface area contributed by atoms with E-state index in [4.69, 9.17) is 23.2 Å². The minimum absolute atomic E-state index is 0.179. The van der Waals surface area contributed by atoms with Gasteiger partial charge in [0.25, 0.3) is 5.91 Å². The average Bonchev–Trinajstić information content (AvgIpc) is 2.77. The van der Waals surface area contributed by atoms with Crippen LogP contribution in [0.4, 0.5) is 0 Å². The van der Waals surface area contributed by atoms with Crippen molar-refractivity contribution in [1.29, 1.82) is 0 Å². The Balaban J connectivity index is 2.22. The number of aliphatic hydroxyl groups excluding tert-OH is 3. The summed E-state index contributed by atoms with van der Waals surface area (Å²) in [4.78, 5) is 12.4. The predicted molar refractivity (Wildman–Crippen MR) is 133 cm³/mol. The fourth-order valence-corrected chi connectivity index (χ4v) is 4.29. The lowest BCUT2D eigenvalue weighted by atomic mass is 9.99. The zero-order valence-electron chi connectivity index (χ0n) is 19.4. The fraction of sp³-hybridized carbons (Fsp3) is 0.720. The molecule has 0 saturated carbocycles. The van der Waals surface area contributed by atoms with Crippen LogP contribution in [0.3, 0.4) is 0 Å². The maximum Gasteiger partial charge on any atom is 0.253 e. The van der Waals surface area contributed by atoms with Gasteiger partial charge < -0.3 is 20.6 Å². The van der Waals surface area contributed by atoms with E-state index in [1.54, 1.807) is 0 Å². The van der Waals surface area contributed by atoms with Gasteiger partial charge in [-0.2, -0.15) is 0 Å². The molecule has 1 aromatic carbocycles. The van der Waals surface area contributed by atoms with Crippen LogP contribution in [0.2, 0.25) is 10.0 Å². The Kier molecular flexibility index (Phi) is 16.1. The van der Waals surface area contributed by atoms with Gasteiger partial charge in [-0.25, -0.2) is 0 Å². The summed E-state index contributed by atoms with van der Waals surface area (Å²) in [5.41, 5.74) is 0.192. The first-order chi connectivity index (χ1) is 15.4. The molecule has 0 fully saturated rings. The minimum Gasteiger partial charge on any atom is -0.394 e. The van der Waals surface area contributed by atoms with Crippen LogP contribution in [0.15, 0.2) is 18.2 Å². The fourth-order valence-electron chi connectivity index (χ4n) is 3.79. The van der Waals surface area contributed by atoms with Gasteiger partial charge in [0.05, 0.1) is 29.3 Å². The lowest BCUT2D eigenvalue weighted by Crippen LogP contribution is -2.50. The van der Waals surface area contributed by atoms with E-state index in [9.17, 15) is 20.1 Å². The molecule has 0 aromatic heterocycles. The Morgan fingerprint density at radius 1 is 0.906 bits per heavy atom. The van der Waals surface area contributed by atoms with Crippen LogP contribution >= 0.6 is 23.2 Å². The van der Waals surface area contributed by atoms with E-state index >= 15 is 0 Å². The number of carbonyl (C=O) groups is 1. The van der Waals surface area contributed by atoms with Crippen LogP contribution in [-0.2, 0) is 0 Å². The summed E-state index contributed by atoms with van der Waals surface area (Å²) >= 11 is 11.9. The van der Waals surface area contributed by atoms with Gasteiger partial charge in [-0.1, -0.05) is 107 Å². The summed E-state index contributed by atoms with van der Waals surface area (Å²) in [6.45, 7) is 1.75. The topological polar surface area (TPSA) is 89.8 Å². The first-order valence-electron chi connectivity index (χ1n) is 12.1. The van der Waals surface area contributed by atoms with E-state index in [0.29, 0.717) is 11.4 Å². The molecule has 7 heteroatoms. The summed E-state index contributed by atoms with van der Waals surface area (Å²) in [5.74, 6) is -0.540. The van der Waals surface area contributed by atoms with E-state index in [0.717, 1.165) is 19.3 Å². The number of amides is 1. The molecule has 4 N–H and O–H groups in total. The third-order valence-corrected chi connectivity index (χ3v) is 6.40. The standard InChI is InChI=1S/C25H41Cl2NO4/c1-2-3-4-5-6-7-8-9-10-11-12-13-14-23(30)24(31)22(18-29)28-25(32)20-16-15-19(26)17-21(20)27/h15-17,22-24,29-31H,2-14,18H2,1H3,(H,28,32). The first-order valence-corrected chi connectivity index (χ1v) is 12.9. The summed E-state index contributed by atoms with van der Waals surface area (Å²) in [6, 6.07) is 3.48. The predicted octanol–water partition coefficient (Wildman–Crippen LogP) is 5.90. The highest BCUT2D eigenvalue weighted by Crippen LogP contribution is 2.21. The number of hydrogen-bond donors (Lipinski definition) is 4. The molecule has 5 nitrogen and oxygen atoms in total. The highest BCUT2D eigenvalue weighted by molar-refractivity contribution is 6.36. The van der Waals surface area contributed by atoms with Gasteiger partial charge in [-0.15, -0.1) is 0 Å². The molecule has 0 spiro atoms. The summed E-state index contributed by atoms with van der Waals surface area (Å²) in [6.07, 6.45) is 12.8. The number of halogens is 2. The van der Waals surface area contributed by atoms with Crippen LogP contribution < -0.4 is 5.32 Å². The maximum atomic E-state index is 12.4. The Hall–Kier alpha value is -0.850. The summed E-state index contributed by atoms with van der Waals surface area (Å²) < 4.78 is 0. The molecular formula is C25H41Cl2NO4. The van der Waals surface area contributed by atoms with Gasteiger partial charge in [0.2, 0.25) is 0 Å². The lowest BCUT2D eigenvalue weighted by Gasteiger charge is -2.26. The molecule has 0 bridgehead atoms. The van der Waals surface area contributed by atoms with E-state index in [2.05, 4.69) is 12.2 Å². The van der Waals surface area contributed by atoms with Crippen molar-refractivity contribution in [3.63, 3.8) is 0 Å². The molecular weight excluding hydrogens is 449 g/mol. The molecule has 0 heterocycles. The minimum atomic E-state index is -1.26. The molecule has 0 radical (unpaired) electrons. The number of unbranched alkanes of at least 4 members (excludes halogenated alkanes) is 11. The molecule has 0 saturated heterocycles. The third kappa shape index (κ3) is 11.9. The number of nitrogens with one attached hydrogen (secondary N) is 1. The zero-order chi connectivity index (χ0) is 23.8. The molecule has 184 valence electrons. The van der Waals surface area contributed by atoms with Crippen LogP contribution in [0.25, 0.3) is 0 Å². The van der Waals surface area contributed by atoms with Crippen molar-refractivity contribution in [2.45, 2.75) is 109 Å². The Bertz CT molecular complexity index is 644. The first kappa shape index (κ1) is 29.2. The van der Waals surface area contributed by atoms with Gasteiger partial charge in [-0.3, -0.25) is 4.79 Å². The van der Waals surface area contributed by atoms with E-state index < -0.39 is 30.8 Å². The van der Waals surface area contributed by atoms with Crippen molar-refractivity contribution in [3.8, 4) is 0 Å². The van der Waals surface area contributed by atoms with Gasteiger partial charge >= 0.3 is 0 Å². The molecule has 0 aliphatic carbocycles. The molecule has 1 amide bonds. The highest BCUT2D eigenvalue weighted by Gasteiger charge is 2.27. The van der Waals surface area contributed by atoms with Crippen molar-refractivity contribution >= 4 is 29.1 Å². The highest BCUT2D eigenvalue weighted by atomic mass is 35.5. The van der Waals surface area contributed by atoms with E-state index in [1.807, 2.05) is 0 Å². The number of aliphatic hydroxyl groups is 3. The van der Waals surface area contributed by atoms with Gasteiger partial charge in [0.1, 0.15) is 6.10 Å². The molecule has 0 aliphatic heterocycles. The summed E-state index contributed by atoms with van der Waals surface area (Å²) in [5, 5.41) is 33.4. The average molecular weight is 491 g/mol. The quantitative estimate of drug-likeness (QED) is 0.193. The molecule has 32 heavy (non-hydrogen) atoms. The monoisotopic (exact) mass is 489 g/mol. The largest absolute Gasteiger partial charge is 0.394 e. The molecule has 1 rings (SSSR count). The Labute approximate surface area is 203 Å². The van der Waals surface area contributed by atoms with Gasteiger partial charge in [-0.05, 0) is 24.6 Å². The zero-order valence-corrected chi connectivity index (χ0v) is 20.9. The van der Waals surface area contributed by atoms with Crippen LogP contribution in [-0.4, -0.2) is 46.1 Å². The number of hydrogen-bond acceptors (Lipinski definition) is 4. The molecule has 0 aliphatic rings. The third-order valence-electron chi connectivity index (χ3n) is 5.85. The van der Waals surface area contributed by atoms with Crippen molar-refractivity contribution < 1.29 is 20.1 Å². The Morgan fingerprint density at radius 2 is 1.44 bits per heavy atom. The summed E-state index contributed by atoms with van der Waals surface area (Å²) in [7, 11) is 0. The molecule has 3 unspecified atom stereocenters. The maximum absolute atomic E-state index is 12.4. The number of carbonyl (C=O) groups excluding carboxylic acids is 1. The van der Waals surface area contributed by atoms with Gasteiger partial charge in [0, 0.05) is 5.02 Å². The van der Waals surface area contributed by atoms with Crippen molar-refractivity contribution in [2.24, 2.45) is 0 Å². The smallest absolute Gasteiger partial charge is 0.253 e.